The van der Waals surface area contributed by atoms with Gasteiger partial charge in [-0.3, -0.25) is 9.48 Å². The number of nitrogens with zero attached hydrogens (tertiary/aromatic N) is 3. The molecule has 5 heteroatoms. The summed E-state index contributed by atoms with van der Waals surface area (Å²) >= 11 is 0. The SMILES string of the molecule is CCCN(C)C(=O)c1ccn(C2CCCNC2)n1. The van der Waals surface area contributed by atoms with Gasteiger partial charge >= 0.3 is 0 Å². The molecule has 1 atom stereocenters. The Labute approximate surface area is 108 Å². The summed E-state index contributed by atoms with van der Waals surface area (Å²) in [7, 11) is 1.83. The van der Waals surface area contributed by atoms with E-state index in [1.807, 2.05) is 24.0 Å². The predicted molar refractivity (Wildman–Crippen MR) is 70.6 cm³/mol. The van der Waals surface area contributed by atoms with Crippen LogP contribution in [0.1, 0.15) is 42.7 Å². The van der Waals surface area contributed by atoms with E-state index < -0.39 is 0 Å². The van der Waals surface area contributed by atoms with Crippen LogP contribution in [0.5, 0.6) is 0 Å². The van der Waals surface area contributed by atoms with Gasteiger partial charge in [0.25, 0.3) is 5.91 Å². The van der Waals surface area contributed by atoms with Crippen LogP contribution >= 0.6 is 0 Å². The van der Waals surface area contributed by atoms with Crippen molar-refractivity contribution in [3.63, 3.8) is 0 Å². The second-order valence-electron chi connectivity index (χ2n) is 4.91. The molecule has 2 heterocycles. The maximum absolute atomic E-state index is 12.1. The summed E-state index contributed by atoms with van der Waals surface area (Å²) in [5.74, 6) is 0.0133. The van der Waals surface area contributed by atoms with Crippen LogP contribution < -0.4 is 5.32 Å². The highest BCUT2D eigenvalue weighted by molar-refractivity contribution is 5.91. The van der Waals surface area contributed by atoms with Crippen molar-refractivity contribution >= 4 is 5.91 Å². The fourth-order valence-electron chi connectivity index (χ4n) is 2.35. The molecule has 100 valence electrons. The van der Waals surface area contributed by atoms with E-state index in [2.05, 4.69) is 17.3 Å². The molecule has 1 aliphatic heterocycles. The molecule has 0 spiro atoms. The zero-order chi connectivity index (χ0) is 13.0. The third kappa shape index (κ3) is 2.90. The van der Waals surface area contributed by atoms with Gasteiger partial charge in [0.15, 0.2) is 0 Å². The monoisotopic (exact) mass is 250 g/mol. The molecule has 0 aliphatic carbocycles. The molecule has 5 nitrogen and oxygen atoms in total. The van der Waals surface area contributed by atoms with Crippen molar-refractivity contribution in [3.8, 4) is 0 Å². The van der Waals surface area contributed by atoms with Crippen LogP contribution in [0.4, 0.5) is 0 Å². The molecule has 0 radical (unpaired) electrons. The van der Waals surface area contributed by atoms with E-state index in [0.29, 0.717) is 11.7 Å². The lowest BCUT2D eigenvalue weighted by Gasteiger charge is -2.23. The Balaban J connectivity index is 2.02. The molecule has 0 aromatic carbocycles. The highest BCUT2D eigenvalue weighted by Gasteiger charge is 2.19. The van der Waals surface area contributed by atoms with E-state index in [0.717, 1.165) is 32.5 Å². The highest BCUT2D eigenvalue weighted by atomic mass is 16.2. The summed E-state index contributed by atoms with van der Waals surface area (Å²) in [4.78, 5) is 13.8. The topological polar surface area (TPSA) is 50.2 Å². The van der Waals surface area contributed by atoms with Crippen molar-refractivity contribution in [1.82, 2.24) is 20.0 Å². The Hall–Kier alpha value is -1.36. The van der Waals surface area contributed by atoms with Crippen molar-refractivity contribution < 1.29 is 4.79 Å². The maximum Gasteiger partial charge on any atom is 0.274 e. The van der Waals surface area contributed by atoms with E-state index in [4.69, 9.17) is 0 Å². The minimum Gasteiger partial charge on any atom is -0.340 e. The predicted octanol–water partition coefficient (Wildman–Crippen LogP) is 1.29. The number of nitrogens with one attached hydrogen (secondary N) is 1. The van der Waals surface area contributed by atoms with Crippen LogP contribution in [0.3, 0.4) is 0 Å². The Morgan fingerprint density at radius 1 is 1.67 bits per heavy atom. The number of piperidine rings is 1. The molecular weight excluding hydrogens is 228 g/mol. The van der Waals surface area contributed by atoms with Crippen molar-refractivity contribution in [3.05, 3.63) is 18.0 Å². The molecule has 2 rings (SSSR count). The standard InChI is InChI=1S/C13H22N4O/c1-3-8-16(2)13(18)12-6-9-17(15-12)11-5-4-7-14-10-11/h6,9,11,14H,3-5,7-8,10H2,1-2H3. The Morgan fingerprint density at radius 3 is 3.17 bits per heavy atom. The summed E-state index contributed by atoms with van der Waals surface area (Å²) < 4.78 is 1.93. The number of aromatic nitrogens is 2. The molecule has 1 unspecified atom stereocenters. The third-order valence-corrected chi connectivity index (χ3v) is 3.38. The molecule has 1 saturated heterocycles. The van der Waals surface area contributed by atoms with Gasteiger partial charge in [0.1, 0.15) is 5.69 Å². The van der Waals surface area contributed by atoms with E-state index >= 15 is 0 Å². The normalized spacial score (nSPS) is 19.8. The van der Waals surface area contributed by atoms with Gasteiger partial charge in [0, 0.05) is 26.3 Å². The summed E-state index contributed by atoms with van der Waals surface area (Å²) in [6, 6.07) is 2.21. The van der Waals surface area contributed by atoms with Gasteiger partial charge in [0.2, 0.25) is 0 Å². The molecule has 18 heavy (non-hydrogen) atoms. The largest absolute Gasteiger partial charge is 0.340 e. The average Bonchev–Trinajstić information content (AvgIpc) is 2.89. The van der Waals surface area contributed by atoms with Gasteiger partial charge in [0.05, 0.1) is 6.04 Å². The second kappa shape index (κ2) is 6.00. The second-order valence-corrected chi connectivity index (χ2v) is 4.91. The number of rotatable bonds is 4. The zero-order valence-electron chi connectivity index (χ0n) is 11.2. The molecule has 1 amide bonds. The van der Waals surface area contributed by atoms with Gasteiger partial charge < -0.3 is 10.2 Å². The van der Waals surface area contributed by atoms with Crippen LogP contribution in [-0.4, -0.2) is 47.3 Å². The first-order valence-electron chi connectivity index (χ1n) is 6.73. The number of hydrogen-bond acceptors (Lipinski definition) is 3. The molecule has 0 saturated carbocycles. The van der Waals surface area contributed by atoms with Gasteiger partial charge in [-0.25, -0.2) is 0 Å². The van der Waals surface area contributed by atoms with Gasteiger partial charge in [-0.05, 0) is 31.9 Å². The number of carbonyl (C=O) groups excluding carboxylic acids is 1. The van der Waals surface area contributed by atoms with Crippen LogP contribution in [-0.2, 0) is 0 Å². The van der Waals surface area contributed by atoms with E-state index in [1.165, 1.54) is 6.42 Å². The van der Waals surface area contributed by atoms with E-state index in [-0.39, 0.29) is 5.91 Å². The summed E-state index contributed by atoms with van der Waals surface area (Å²) in [6.07, 6.45) is 5.19. The third-order valence-electron chi connectivity index (χ3n) is 3.38. The lowest BCUT2D eigenvalue weighted by atomic mass is 10.1. The van der Waals surface area contributed by atoms with Crippen LogP contribution in [0, 0.1) is 0 Å². The molecule has 1 aromatic heterocycles. The van der Waals surface area contributed by atoms with Gasteiger partial charge in [-0.15, -0.1) is 0 Å². The maximum atomic E-state index is 12.1. The minimum atomic E-state index is 0.0133. The summed E-state index contributed by atoms with van der Waals surface area (Å²) in [5, 5.41) is 7.78. The van der Waals surface area contributed by atoms with Crippen molar-refractivity contribution in [2.75, 3.05) is 26.7 Å². The van der Waals surface area contributed by atoms with E-state index in [9.17, 15) is 4.79 Å². The Bertz CT molecular complexity index is 395. The van der Waals surface area contributed by atoms with Crippen LogP contribution in [0.25, 0.3) is 0 Å². The van der Waals surface area contributed by atoms with Crippen molar-refractivity contribution in [2.45, 2.75) is 32.2 Å². The highest BCUT2D eigenvalue weighted by Crippen LogP contribution is 2.16. The molecule has 0 bridgehead atoms. The first-order chi connectivity index (χ1) is 8.72. The number of amides is 1. The lowest BCUT2D eigenvalue weighted by molar-refractivity contribution is 0.0788. The van der Waals surface area contributed by atoms with E-state index in [1.54, 1.807) is 4.90 Å². The fraction of sp³-hybridized carbons (Fsp3) is 0.692. The number of hydrogen-bond donors (Lipinski definition) is 1. The first kappa shape index (κ1) is 13.1. The van der Waals surface area contributed by atoms with Crippen LogP contribution in [0.2, 0.25) is 0 Å². The molecule has 1 N–H and O–H groups in total. The summed E-state index contributed by atoms with van der Waals surface area (Å²) in [6.45, 7) is 4.87. The lowest BCUT2D eigenvalue weighted by Crippen LogP contribution is -2.32. The van der Waals surface area contributed by atoms with Crippen molar-refractivity contribution in [1.29, 1.82) is 0 Å². The minimum absolute atomic E-state index is 0.0133. The zero-order valence-corrected chi connectivity index (χ0v) is 11.2. The van der Waals surface area contributed by atoms with Gasteiger partial charge in [-0.1, -0.05) is 6.92 Å². The first-order valence-corrected chi connectivity index (χ1v) is 6.73. The van der Waals surface area contributed by atoms with Crippen LogP contribution in [0.15, 0.2) is 12.3 Å². The molecule has 1 fully saturated rings. The Kier molecular flexibility index (Phi) is 4.36. The fourth-order valence-corrected chi connectivity index (χ4v) is 2.35. The Morgan fingerprint density at radius 2 is 2.50 bits per heavy atom. The smallest absolute Gasteiger partial charge is 0.274 e. The van der Waals surface area contributed by atoms with Crippen molar-refractivity contribution in [2.24, 2.45) is 0 Å². The average molecular weight is 250 g/mol. The van der Waals surface area contributed by atoms with Gasteiger partial charge in [-0.2, -0.15) is 5.10 Å². The molecular formula is C13H22N4O. The quantitative estimate of drug-likeness (QED) is 0.876. The molecule has 1 aromatic rings. The molecule has 1 aliphatic rings. The number of carbonyl (C=O) groups is 1. The summed E-state index contributed by atoms with van der Waals surface area (Å²) in [5.41, 5.74) is 0.552.